The van der Waals surface area contributed by atoms with Crippen LogP contribution in [0.1, 0.15) is 17.2 Å². The quantitative estimate of drug-likeness (QED) is 0.409. The predicted octanol–water partition coefficient (Wildman–Crippen LogP) is 5.70. The van der Waals surface area contributed by atoms with E-state index in [2.05, 4.69) is 0 Å². The molecule has 0 fully saturated rings. The van der Waals surface area contributed by atoms with Crippen LogP contribution in [0.5, 0.6) is 5.75 Å². The molecule has 3 nitrogen and oxygen atoms in total. The van der Waals surface area contributed by atoms with Gasteiger partial charge in [-0.25, -0.2) is 4.79 Å². The van der Waals surface area contributed by atoms with Crippen LogP contribution in [-0.4, -0.2) is 5.97 Å². The molecule has 0 aromatic heterocycles. The molecule has 0 aliphatic heterocycles. The van der Waals surface area contributed by atoms with E-state index in [1.165, 1.54) is 0 Å². The monoisotopic (exact) mass is 368 g/mol. The molecule has 28 heavy (non-hydrogen) atoms. The lowest BCUT2D eigenvalue weighted by molar-refractivity contribution is -0.153. The van der Waals surface area contributed by atoms with Crippen molar-refractivity contribution >= 4 is 16.7 Å². The van der Waals surface area contributed by atoms with Crippen LogP contribution in [0.15, 0.2) is 103 Å². The number of esters is 1. The Morgan fingerprint density at radius 2 is 1.36 bits per heavy atom. The first-order valence-corrected chi connectivity index (χ1v) is 9.20. The average molecular weight is 368 g/mol. The van der Waals surface area contributed by atoms with Gasteiger partial charge in [-0.05, 0) is 28.5 Å². The maximum atomic E-state index is 12.8. The summed E-state index contributed by atoms with van der Waals surface area (Å²) in [4.78, 5) is 12.8. The van der Waals surface area contributed by atoms with E-state index in [0.717, 1.165) is 21.9 Å². The molecule has 0 spiro atoms. The van der Waals surface area contributed by atoms with Crippen molar-refractivity contribution in [2.24, 2.45) is 0 Å². The summed E-state index contributed by atoms with van der Waals surface area (Å²) < 4.78 is 11.6. The zero-order chi connectivity index (χ0) is 19.2. The molecule has 0 amide bonds. The normalized spacial score (nSPS) is 11.7. The van der Waals surface area contributed by atoms with Crippen LogP contribution in [0.2, 0.25) is 0 Å². The van der Waals surface area contributed by atoms with Crippen molar-refractivity contribution in [1.82, 2.24) is 0 Å². The van der Waals surface area contributed by atoms with E-state index >= 15 is 0 Å². The molecule has 0 unspecified atom stereocenters. The maximum Gasteiger partial charge on any atom is 0.352 e. The molecule has 0 aliphatic carbocycles. The minimum atomic E-state index is -0.828. The highest BCUT2D eigenvalue weighted by atomic mass is 16.6. The van der Waals surface area contributed by atoms with Crippen LogP contribution in [0, 0.1) is 0 Å². The number of fused-ring (bicyclic) bond motifs is 1. The molecule has 3 heteroatoms. The maximum absolute atomic E-state index is 12.8. The molecule has 4 aromatic carbocycles. The van der Waals surface area contributed by atoms with Gasteiger partial charge in [-0.1, -0.05) is 91.0 Å². The molecule has 0 saturated heterocycles. The van der Waals surface area contributed by atoms with Crippen molar-refractivity contribution in [3.8, 4) is 5.75 Å². The molecule has 0 radical (unpaired) electrons. The van der Waals surface area contributed by atoms with E-state index in [0.29, 0.717) is 5.75 Å². The second-order valence-corrected chi connectivity index (χ2v) is 6.51. The van der Waals surface area contributed by atoms with E-state index in [1.54, 1.807) is 0 Å². The zero-order valence-corrected chi connectivity index (χ0v) is 15.3. The molecule has 4 aromatic rings. The van der Waals surface area contributed by atoms with Crippen molar-refractivity contribution in [3.05, 3.63) is 114 Å². The lowest BCUT2D eigenvalue weighted by Crippen LogP contribution is -2.21. The lowest BCUT2D eigenvalue weighted by Gasteiger charge is -2.19. The zero-order valence-electron chi connectivity index (χ0n) is 15.3. The third-order valence-corrected chi connectivity index (χ3v) is 4.52. The van der Waals surface area contributed by atoms with Gasteiger partial charge in [0.2, 0.25) is 6.10 Å². The van der Waals surface area contributed by atoms with Crippen LogP contribution in [0.3, 0.4) is 0 Å². The predicted molar refractivity (Wildman–Crippen MR) is 110 cm³/mol. The van der Waals surface area contributed by atoms with Gasteiger partial charge >= 0.3 is 5.97 Å². The van der Waals surface area contributed by atoms with Crippen LogP contribution in [-0.2, 0) is 16.1 Å². The van der Waals surface area contributed by atoms with Gasteiger partial charge in [-0.2, -0.15) is 0 Å². The Morgan fingerprint density at radius 1 is 0.714 bits per heavy atom. The van der Waals surface area contributed by atoms with Gasteiger partial charge in [0.1, 0.15) is 12.4 Å². The summed E-state index contributed by atoms with van der Waals surface area (Å²) in [5, 5.41) is 2.18. The third kappa shape index (κ3) is 4.21. The number of hydrogen-bond acceptors (Lipinski definition) is 3. The number of ether oxygens (including phenoxy) is 2. The Balaban J connectivity index is 1.57. The van der Waals surface area contributed by atoms with Crippen molar-refractivity contribution in [3.63, 3.8) is 0 Å². The minimum absolute atomic E-state index is 0.212. The fourth-order valence-electron chi connectivity index (χ4n) is 3.06. The Kier molecular flexibility index (Phi) is 5.34. The largest absolute Gasteiger partial charge is 0.474 e. The summed E-state index contributed by atoms with van der Waals surface area (Å²) in [7, 11) is 0. The summed E-state index contributed by atoms with van der Waals surface area (Å²) in [6.07, 6.45) is -0.828. The minimum Gasteiger partial charge on any atom is -0.474 e. The Morgan fingerprint density at radius 3 is 2.11 bits per heavy atom. The molecule has 4 rings (SSSR count). The van der Waals surface area contributed by atoms with E-state index < -0.39 is 12.1 Å². The van der Waals surface area contributed by atoms with Gasteiger partial charge in [0.25, 0.3) is 0 Å². The summed E-state index contributed by atoms with van der Waals surface area (Å²) in [5.41, 5.74) is 1.70. The smallest absolute Gasteiger partial charge is 0.352 e. The van der Waals surface area contributed by atoms with Gasteiger partial charge in [-0.3, -0.25) is 0 Å². The highest BCUT2D eigenvalue weighted by Crippen LogP contribution is 2.27. The highest BCUT2D eigenvalue weighted by Gasteiger charge is 2.24. The summed E-state index contributed by atoms with van der Waals surface area (Å²) in [6.45, 7) is 0.212. The highest BCUT2D eigenvalue weighted by molar-refractivity contribution is 5.84. The topological polar surface area (TPSA) is 35.5 Å². The number of carbonyl (C=O) groups excluding carboxylic acids is 1. The van der Waals surface area contributed by atoms with Crippen molar-refractivity contribution in [2.45, 2.75) is 12.7 Å². The number of hydrogen-bond donors (Lipinski definition) is 0. The Bertz CT molecular complexity index is 1060. The van der Waals surface area contributed by atoms with Crippen LogP contribution in [0.25, 0.3) is 10.8 Å². The molecule has 1 atom stereocenters. The number of benzene rings is 4. The fraction of sp³-hybridized carbons (Fsp3) is 0.0800. The van der Waals surface area contributed by atoms with E-state index in [1.807, 2.05) is 103 Å². The first kappa shape index (κ1) is 17.8. The number of rotatable bonds is 6. The Labute approximate surface area is 164 Å². The van der Waals surface area contributed by atoms with Crippen molar-refractivity contribution in [1.29, 1.82) is 0 Å². The van der Waals surface area contributed by atoms with E-state index in [9.17, 15) is 4.79 Å². The fourth-order valence-corrected chi connectivity index (χ4v) is 3.06. The summed E-state index contributed by atoms with van der Waals surface area (Å²) in [6, 6.07) is 32.9. The van der Waals surface area contributed by atoms with Gasteiger partial charge in [0, 0.05) is 5.56 Å². The summed E-state index contributed by atoms with van der Waals surface area (Å²) in [5.74, 6) is 0.215. The molecular weight excluding hydrogens is 348 g/mol. The van der Waals surface area contributed by atoms with Gasteiger partial charge < -0.3 is 9.47 Å². The standard InChI is InChI=1S/C25H20O3/c26-25(27-18-19-9-3-1-4-10-19)24(21-12-5-2-6-13-21)28-23-16-15-20-11-7-8-14-22(20)17-23/h1-17,24H,18H2/t24-/m0/s1. The summed E-state index contributed by atoms with van der Waals surface area (Å²) >= 11 is 0. The first-order chi connectivity index (χ1) is 13.8. The van der Waals surface area contributed by atoms with Crippen molar-refractivity contribution in [2.75, 3.05) is 0 Å². The molecule has 0 saturated carbocycles. The van der Waals surface area contributed by atoms with E-state index in [4.69, 9.17) is 9.47 Å². The van der Waals surface area contributed by atoms with Crippen LogP contribution in [0.4, 0.5) is 0 Å². The van der Waals surface area contributed by atoms with Crippen LogP contribution < -0.4 is 4.74 Å². The van der Waals surface area contributed by atoms with Gasteiger partial charge in [-0.15, -0.1) is 0 Å². The molecule has 0 bridgehead atoms. The second kappa shape index (κ2) is 8.40. The molecule has 138 valence electrons. The molecular formula is C25H20O3. The Hall–Kier alpha value is -3.59. The third-order valence-electron chi connectivity index (χ3n) is 4.52. The SMILES string of the molecule is O=C(OCc1ccccc1)[C@@H](Oc1ccc2ccccc2c1)c1ccccc1. The van der Waals surface area contributed by atoms with E-state index in [-0.39, 0.29) is 6.61 Å². The van der Waals surface area contributed by atoms with Gasteiger partial charge in [0.05, 0.1) is 0 Å². The second-order valence-electron chi connectivity index (χ2n) is 6.51. The van der Waals surface area contributed by atoms with Gasteiger partial charge in [0.15, 0.2) is 0 Å². The molecule has 0 N–H and O–H groups in total. The van der Waals surface area contributed by atoms with Crippen molar-refractivity contribution < 1.29 is 14.3 Å². The lowest BCUT2D eigenvalue weighted by atomic mass is 10.1. The van der Waals surface area contributed by atoms with Crippen LogP contribution >= 0.6 is 0 Å². The number of carbonyl (C=O) groups is 1. The first-order valence-electron chi connectivity index (χ1n) is 9.20. The molecule has 0 heterocycles. The molecule has 0 aliphatic rings. The average Bonchev–Trinajstić information content (AvgIpc) is 2.77.